The van der Waals surface area contributed by atoms with Crippen molar-refractivity contribution in [2.75, 3.05) is 0 Å². The maximum atomic E-state index is 2.43. The van der Waals surface area contributed by atoms with Crippen LogP contribution in [0.25, 0.3) is 93.6 Å². The van der Waals surface area contributed by atoms with E-state index < -0.39 is 0 Å². The van der Waals surface area contributed by atoms with Crippen LogP contribution in [0.2, 0.25) is 0 Å². The van der Waals surface area contributed by atoms with Crippen molar-refractivity contribution in [1.82, 2.24) is 13.7 Å². The number of hydrogen-bond donors (Lipinski definition) is 0. The Morgan fingerprint density at radius 3 is 0.811 bits per heavy atom. The molecule has 3 aromatic heterocycles. The van der Waals surface area contributed by atoms with Crippen molar-refractivity contribution in [1.29, 1.82) is 0 Å². The molecule has 8 aromatic carbocycles. The van der Waals surface area contributed by atoms with Gasteiger partial charge in [0.05, 0.1) is 33.1 Å². The second kappa shape index (κ2) is 12.4. The van der Waals surface area contributed by atoms with Crippen molar-refractivity contribution >= 4 is 65.4 Å². The largest absolute Gasteiger partial charge is 0.309 e. The summed E-state index contributed by atoms with van der Waals surface area (Å²) in [6.07, 6.45) is 0. The highest BCUT2D eigenvalue weighted by Gasteiger charge is 2.18. The minimum Gasteiger partial charge on any atom is -0.309 e. The Balaban J connectivity index is 0.00000172. The van der Waals surface area contributed by atoms with Crippen molar-refractivity contribution in [3.05, 3.63) is 188 Å². The fraction of sp³-hybridized carbons (Fsp3) is 0.0400. The highest BCUT2D eigenvalue weighted by molar-refractivity contribution is 6.11. The zero-order chi connectivity index (χ0) is 35.5. The van der Waals surface area contributed by atoms with E-state index in [9.17, 15) is 0 Å². The van der Waals surface area contributed by atoms with Gasteiger partial charge in [-0.15, -0.1) is 0 Å². The third-order valence-corrected chi connectivity index (χ3v) is 10.6. The Hall–Kier alpha value is -6.84. The van der Waals surface area contributed by atoms with Gasteiger partial charge in [0.15, 0.2) is 0 Å². The molecule has 11 aromatic rings. The first-order valence-corrected chi connectivity index (χ1v) is 18.5. The summed E-state index contributed by atoms with van der Waals surface area (Å²) in [6.45, 7) is 4.00. The standard InChI is InChI=1S/C48H31N3.C2H6/c1-7-19-43-37(13-1)38-14-2-8-20-44(38)49(43)34-27-25-32(26-28-34)33-29-35(50-45-21-9-3-15-39(45)40-16-4-10-22-46(40)50)31-36(30-33)51-47-23-11-5-17-41(47)42-18-6-12-24-48(42)51;1-2/h1-31H;1-2H3. The summed E-state index contributed by atoms with van der Waals surface area (Å²) in [5.41, 5.74) is 13.0. The molecule has 0 saturated heterocycles. The van der Waals surface area contributed by atoms with E-state index in [0.29, 0.717) is 0 Å². The minimum absolute atomic E-state index is 1.13. The number of para-hydroxylation sites is 6. The Morgan fingerprint density at radius 1 is 0.245 bits per heavy atom. The van der Waals surface area contributed by atoms with Gasteiger partial charge in [0.2, 0.25) is 0 Å². The molecule has 0 saturated carbocycles. The number of hydrogen-bond acceptors (Lipinski definition) is 0. The molecular weight excluding hydrogens is 643 g/mol. The van der Waals surface area contributed by atoms with Gasteiger partial charge in [0.25, 0.3) is 0 Å². The van der Waals surface area contributed by atoms with Crippen LogP contribution in [-0.2, 0) is 0 Å². The molecule has 0 bridgehead atoms. The van der Waals surface area contributed by atoms with Crippen molar-refractivity contribution in [2.24, 2.45) is 0 Å². The summed E-state index contributed by atoms with van der Waals surface area (Å²) in [4.78, 5) is 0. The third kappa shape index (κ3) is 4.74. The minimum atomic E-state index is 1.13. The van der Waals surface area contributed by atoms with Crippen molar-refractivity contribution in [3.8, 4) is 28.2 Å². The number of fused-ring (bicyclic) bond motifs is 9. The van der Waals surface area contributed by atoms with Gasteiger partial charge >= 0.3 is 0 Å². The molecule has 0 unspecified atom stereocenters. The van der Waals surface area contributed by atoms with Crippen LogP contribution in [0.4, 0.5) is 0 Å². The van der Waals surface area contributed by atoms with Gasteiger partial charge in [-0.05, 0) is 77.9 Å². The molecule has 0 amide bonds. The fourth-order valence-electron chi connectivity index (χ4n) is 8.43. The number of benzene rings is 8. The molecule has 0 spiro atoms. The molecule has 0 aliphatic heterocycles. The molecule has 0 fully saturated rings. The summed E-state index contributed by atoms with van der Waals surface area (Å²) in [5.74, 6) is 0. The van der Waals surface area contributed by atoms with Crippen LogP contribution in [0.15, 0.2) is 188 Å². The molecule has 0 aliphatic carbocycles. The Bertz CT molecular complexity index is 2840. The average Bonchev–Trinajstić information content (AvgIpc) is 3.88. The van der Waals surface area contributed by atoms with E-state index in [1.807, 2.05) is 13.8 Å². The maximum Gasteiger partial charge on any atom is 0.0541 e. The summed E-state index contributed by atoms with van der Waals surface area (Å²) >= 11 is 0. The second-order valence-corrected chi connectivity index (χ2v) is 13.4. The van der Waals surface area contributed by atoms with E-state index in [1.54, 1.807) is 0 Å². The van der Waals surface area contributed by atoms with Gasteiger partial charge in [0.1, 0.15) is 0 Å². The normalized spacial score (nSPS) is 11.6. The molecule has 11 rings (SSSR count). The van der Waals surface area contributed by atoms with Crippen LogP contribution in [0.5, 0.6) is 0 Å². The van der Waals surface area contributed by atoms with Crippen molar-refractivity contribution in [3.63, 3.8) is 0 Å². The zero-order valence-electron chi connectivity index (χ0n) is 29.7. The molecule has 0 aliphatic rings. The first-order valence-electron chi connectivity index (χ1n) is 18.5. The molecule has 0 atom stereocenters. The van der Waals surface area contributed by atoms with Gasteiger partial charge in [-0.2, -0.15) is 0 Å². The molecular formula is C50H37N3. The van der Waals surface area contributed by atoms with Crippen LogP contribution in [0.3, 0.4) is 0 Å². The SMILES string of the molecule is CC.c1ccc2c(c1)c1ccccc1n2-c1ccc(-c2cc(-n3c4ccccc4c4ccccc43)cc(-n3c4ccccc4c4ccccc43)c2)cc1. The van der Waals surface area contributed by atoms with Gasteiger partial charge in [-0.1, -0.05) is 135 Å². The first-order chi connectivity index (χ1) is 26.3. The highest BCUT2D eigenvalue weighted by Crippen LogP contribution is 2.38. The zero-order valence-corrected chi connectivity index (χ0v) is 29.7. The maximum absolute atomic E-state index is 2.43. The average molecular weight is 680 g/mol. The molecule has 252 valence electrons. The Labute approximate surface area is 308 Å². The lowest BCUT2D eigenvalue weighted by atomic mass is 10.0. The molecule has 0 radical (unpaired) electrons. The molecule has 3 nitrogen and oxygen atoms in total. The molecule has 53 heavy (non-hydrogen) atoms. The van der Waals surface area contributed by atoms with Gasteiger partial charge in [-0.25, -0.2) is 0 Å². The first kappa shape index (κ1) is 30.9. The second-order valence-electron chi connectivity index (χ2n) is 13.4. The van der Waals surface area contributed by atoms with Crippen LogP contribution < -0.4 is 0 Å². The fourth-order valence-corrected chi connectivity index (χ4v) is 8.43. The van der Waals surface area contributed by atoms with Crippen LogP contribution in [0, 0.1) is 0 Å². The lowest BCUT2D eigenvalue weighted by Gasteiger charge is -2.16. The predicted octanol–water partition coefficient (Wildman–Crippen LogP) is 13.7. The van der Waals surface area contributed by atoms with Crippen molar-refractivity contribution in [2.45, 2.75) is 13.8 Å². The number of aromatic nitrogens is 3. The highest BCUT2D eigenvalue weighted by atomic mass is 15.0. The van der Waals surface area contributed by atoms with Gasteiger partial charge in [-0.3, -0.25) is 0 Å². The molecule has 0 N–H and O–H groups in total. The van der Waals surface area contributed by atoms with Crippen molar-refractivity contribution < 1.29 is 0 Å². The summed E-state index contributed by atoms with van der Waals surface area (Å²) in [6, 6.07) is 68.5. The number of rotatable bonds is 4. The summed E-state index contributed by atoms with van der Waals surface area (Å²) in [7, 11) is 0. The lowest BCUT2D eigenvalue weighted by molar-refractivity contribution is 1.13. The van der Waals surface area contributed by atoms with Gasteiger partial charge < -0.3 is 13.7 Å². The Kier molecular flexibility index (Phi) is 7.26. The number of nitrogens with zero attached hydrogens (tertiary/aromatic N) is 3. The third-order valence-electron chi connectivity index (χ3n) is 10.6. The van der Waals surface area contributed by atoms with Gasteiger partial charge in [0, 0.05) is 49.4 Å². The lowest BCUT2D eigenvalue weighted by Crippen LogP contribution is -2.00. The van der Waals surface area contributed by atoms with E-state index in [2.05, 4.69) is 202 Å². The molecule has 3 heteroatoms. The summed E-state index contributed by atoms with van der Waals surface area (Å²) in [5, 5.41) is 7.57. The van der Waals surface area contributed by atoms with E-state index >= 15 is 0 Å². The van der Waals surface area contributed by atoms with E-state index in [4.69, 9.17) is 0 Å². The van der Waals surface area contributed by atoms with Crippen LogP contribution in [-0.4, -0.2) is 13.7 Å². The van der Waals surface area contributed by atoms with E-state index in [0.717, 1.165) is 17.1 Å². The Morgan fingerprint density at radius 2 is 0.509 bits per heavy atom. The van der Waals surface area contributed by atoms with Crippen LogP contribution >= 0.6 is 0 Å². The quantitative estimate of drug-likeness (QED) is 0.176. The smallest absolute Gasteiger partial charge is 0.0541 e. The van der Waals surface area contributed by atoms with E-state index in [1.165, 1.54) is 76.5 Å². The molecule has 3 heterocycles. The topological polar surface area (TPSA) is 14.8 Å². The monoisotopic (exact) mass is 679 g/mol. The van der Waals surface area contributed by atoms with E-state index in [-0.39, 0.29) is 0 Å². The summed E-state index contributed by atoms with van der Waals surface area (Å²) < 4.78 is 7.24. The van der Waals surface area contributed by atoms with Crippen LogP contribution in [0.1, 0.15) is 13.8 Å². The predicted molar refractivity (Wildman–Crippen MR) is 226 cm³/mol.